The lowest BCUT2D eigenvalue weighted by molar-refractivity contribution is -0.135. The Hall–Kier alpha value is -2.56. The fraction of sp³-hybridized carbons (Fsp3) is 0.0769. The van der Waals surface area contributed by atoms with Gasteiger partial charge in [0, 0.05) is 18.0 Å². The molecule has 0 saturated heterocycles. The Morgan fingerprint density at radius 1 is 1.33 bits per heavy atom. The smallest absolute Gasteiger partial charge is 0.339 e. The molecule has 1 aromatic carbocycles. The number of esters is 1. The molecule has 0 heterocycles. The number of carbonyl (C=O) groups excluding carboxylic acids is 1. The van der Waals surface area contributed by atoms with Gasteiger partial charge in [-0.3, -0.25) is 0 Å². The van der Waals surface area contributed by atoms with Crippen LogP contribution in [0.25, 0.3) is 0 Å². The average Bonchev–Trinajstić information content (AvgIpc) is 2.52. The Bertz CT molecular complexity index is 686. The van der Waals surface area contributed by atoms with Crippen molar-refractivity contribution in [2.24, 2.45) is 0 Å². The van der Waals surface area contributed by atoms with Crippen molar-refractivity contribution in [3.05, 3.63) is 54.1 Å². The molecule has 0 unspecified atom stereocenters. The number of ether oxygens (including phenoxy) is 1. The summed E-state index contributed by atoms with van der Waals surface area (Å²) in [7, 11) is 1.09. The van der Waals surface area contributed by atoms with E-state index in [1.165, 1.54) is 0 Å². The van der Waals surface area contributed by atoms with Crippen LogP contribution in [0.3, 0.4) is 0 Å². The van der Waals surface area contributed by atoms with Gasteiger partial charge in [-0.25, -0.2) is 9.59 Å². The molecule has 0 amide bonds. The summed E-state index contributed by atoms with van der Waals surface area (Å²) in [5, 5.41) is 11.0. The summed E-state index contributed by atoms with van der Waals surface area (Å²) in [6.07, 6.45) is 2.65. The summed E-state index contributed by atoms with van der Waals surface area (Å²) in [4.78, 5) is 22.0. The summed E-state index contributed by atoms with van der Waals surface area (Å²) >= 11 is 0. The van der Waals surface area contributed by atoms with Gasteiger partial charge in [0.05, 0.1) is 19.5 Å². The van der Waals surface area contributed by atoms with Gasteiger partial charge in [-0.2, -0.15) is 0 Å². The van der Waals surface area contributed by atoms with Crippen molar-refractivity contribution in [1.29, 1.82) is 0 Å². The number of rotatable bonds is 5. The predicted molar refractivity (Wildman–Crippen MR) is 66.9 cm³/mol. The van der Waals surface area contributed by atoms with Gasteiger partial charge in [0.1, 0.15) is 0 Å². The Balaban J connectivity index is 3.29. The first-order valence-electron chi connectivity index (χ1n) is 7.23. The Morgan fingerprint density at radius 2 is 2.00 bits per heavy atom. The Labute approximate surface area is 111 Å². The van der Waals surface area contributed by atoms with E-state index >= 15 is 0 Å². The second-order valence-corrected chi connectivity index (χ2v) is 2.91. The van der Waals surface area contributed by atoms with Crippen LogP contribution in [0.2, 0.25) is 0 Å². The van der Waals surface area contributed by atoms with Gasteiger partial charge >= 0.3 is 11.9 Å². The van der Waals surface area contributed by atoms with Gasteiger partial charge in [-0.15, -0.1) is 0 Å². The summed E-state index contributed by atoms with van der Waals surface area (Å²) in [5.41, 5.74) is -0.456. The normalized spacial score (nSPS) is 15.2. The maximum absolute atomic E-state index is 11.5. The molecule has 2 N–H and O–H groups in total. The van der Waals surface area contributed by atoms with Crippen LogP contribution < -0.4 is 5.32 Å². The lowest BCUT2D eigenvalue weighted by Gasteiger charge is -2.03. The topological polar surface area (TPSA) is 75.6 Å². The molecule has 0 aliphatic heterocycles. The third kappa shape index (κ3) is 4.52. The number of aliphatic carboxylic acids is 1. The molecule has 0 bridgehead atoms. The standard InChI is InChI=1S/C13H13NO4/c1-18-13(17)10(7-8-12(15)16)9-14-11-5-3-2-4-6-11/h2-9,14H,1H3,(H,15,16)/b8-7+,10-9+/i2D,3D,4D,5D,6D. The number of methoxy groups -OCH3 is 1. The van der Waals surface area contributed by atoms with E-state index in [2.05, 4.69) is 10.1 Å². The number of hydrogen-bond donors (Lipinski definition) is 2. The van der Waals surface area contributed by atoms with E-state index < -0.39 is 42.2 Å². The zero-order chi connectivity index (χ0) is 17.7. The minimum absolute atomic E-state index is 0.207. The first-order chi connectivity index (χ1) is 10.7. The Kier molecular flexibility index (Phi) is 2.95. The first-order valence-corrected chi connectivity index (χ1v) is 4.73. The van der Waals surface area contributed by atoms with Crippen LogP contribution in [0.15, 0.2) is 54.1 Å². The second kappa shape index (κ2) is 6.90. The molecular weight excluding hydrogens is 234 g/mol. The number of anilines is 1. The van der Waals surface area contributed by atoms with Crippen LogP contribution in [-0.2, 0) is 14.3 Å². The highest BCUT2D eigenvalue weighted by atomic mass is 16.5. The van der Waals surface area contributed by atoms with Crippen molar-refractivity contribution in [3.63, 3.8) is 0 Å². The molecule has 5 heteroatoms. The highest BCUT2D eigenvalue weighted by molar-refractivity contribution is 5.94. The van der Waals surface area contributed by atoms with E-state index in [0.29, 0.717) is 6.08 Å². The zero-order valence-electron chi connectivity index (χ0n) is 14.4. The van der Waals surface area contributed by atoms with E-state index in [-0.39, 0.29) is 11.3 Å². The first kappa shape index (κ1) is 7.71. The van der Waals surface area contributed by atoms with Gasteiger partial charge in [-0.1, -0.05) is 18.1 Å². The lowest BCUT2D eigenvalue weighted by Crippen LogP contribution is -2.05. The van der Waals surface area contributed by atoms with Crippen molar-refractivity contribution in [1.82, 2.24) is 0 Å². The average molecular weight is 252 g/mol. The number of carbonyl (C=O) groups is 2. The molecule has 5 nitrogen and oxygen atoms in total. The van der Waals surface area contributed by atoms with E-state index in [1.54, 1.807) is 0 Å². The zero-order valence-corrected chi connectivity index (χ0v) is 9.40. The summed E-state index contributed by atoms with van der Waals surface area (Å²) in [6, 6.07) is -2.60. The molecule has 0 saturated carbocycles. The van der Waals surface area contributed by atoms with Crippen molar-refractivity contribution >= 4 is 17.6 Å². The molecule has 0 fully saturated rings. The van der Waals surface area contributed by atoms with E-state index in [4.69, 9.17) is 12.0 Å². The fourth-order valence-electron chi connectivity index (χ4n) is 0.926. The molecule has 0 aliphatic carbocycles. The van der Waals surface area contributed by atoms with Gasteiger partial charge < -0.3 is 15.2 Å². The molecule has 1 rings (SSSR count). The van der Waals surface area contributed by atoms with E-state index in [1.807, 2.05) is 0 Å². The van der Waals surface area contributed by atoms with Gasteiger partial charge in [0.15, 0.2) is 0 Å². The monoisotopic (exact) mass is 252 g/mol. The SMILES string of the molecule is [2H]c1c([2H])c([2H])c(N/C=C(\C=C\C(=O)O)C(=O)OC)c([2H])c1[2H]. The number of para-hydroxylation sites is 1. The molecule has 0 aliphatic rings. The van der Waals surface area contributed by atoms with Crippen LogP contribution in [0, 0.1) is 0 Å². The third-order valence-electron chi connectivity index (χ3n) is 1.70. The van der Waals surface area contributed by atoms with Crippen LogP contribution in [0.1, 0.15) is 6.85 Å². The largest absolute Gasteiger partial charge is 0.478 e. The summed E-state index contributed by atoms with van der Waals surface area (Å²) < 4.78 is 42.4. The van der Waals surface area contributed by atoms with Crippen molar-refractivity contribution in [2.45, 2.75) is 0 Å². The minimum atomic E-state index is -1.29. The lowest BCUT2D eigenvalue weighted by atomic mass is 10.2. The molecule has 0 radical (unpaired) electrons. The van der Waals surface area contributed by atoms with E-state index in [9.17, 15) is 9.59 Å². The van der Waals surface area contributed by atoms with Gasteiger partial charge in [0.25, 0.3) is 0 Å². The summed E-state index contributed by atoms with van der Waals surface area (Å²) in [5.74, 6) is -2.15. The minimum Gasteiger partial charge on any atom is -0.478 e. The van der Waals surface area contributed by atoms with Crippen molar-refractivity contribution in [2.75, 3.05) is 12.4 Å². The number of carboxylic acid groups (broad SMARTS) is 1. The van der Waals surface area contributed by atoms with Gasteiger partial charge in [0.2, 0.25) is 0 Å². The molecular formula is C13H13NO4. The number of hydrogen-bond acceptors (Lipinski definition) is 4. The second-order valence-electron chi connectivity index (χ2n) is 2.91. The fourth-order valence-corrected chi connectivity index (χ4v) is 0.926. The van der Waals surface area contributed by atoms with Gasteiger partial charge in [-0.05, 0) is 18.2 Å². The quantitative estimate of drug-likeness (QED) is 0.475. The molecule has 94 valence electrons. The highest BCUT2D eigenvalue weighted by Crippen LogP contribution is 2.07. The molecule has 18 heavy (non-hydrogen) atoms. The number of nitrogens with one attached hydrogen (secondary N) is 1. The van der Waals surface area contributed by atoms with Crippen molar-refractivity contribution in [3.8, 4) is 0 Å². The maximum atomic E-state index is 11.5. The number of carboxylic acids is 1. The third-order valence-corrected chi connectivity index (χ3v) is 1.70. The predicted octanol–water partition coefficient (Wildman–Crippen LogP) is 1.80. The highest BCUT2D eigenvalue weighted by Gasteiger charge is 2.06. The molecule has 1 aromatic rings. The maximum Gasteiger partial charge on any atom is 0.339 e. The molecule has 0 atom stereocenters. The number of benzene rings is 1. The van der Waals surface area contributed by atoms with Crippen molar-refractivity contribution < 1.29 is 26.3 Å². The van der Waals surface area contributed by atoms with Crippen LogP contribution in [-0.4, -0.2) is 24.2 Å². The van der Waals surface area contributed by atoms with Crippen LogP contribution in [0.5, 0.6) is 0 Å². The summed E-state index contributed by atoms with van der Waals surface area (Å²) in [6.45, 7) is 0. The molecule has 0 spiro atoms. The van der Waals surface area contributed by atoms with E-state index in [0.717, 1.165) is 19.4 Å². The Morgan fingerprint density at radius 3 is 2.56 bits per heavy atom. The van der Waals surface area contributed by atoms with Crippen LogP contribution in [0.4, 0.5) is 5.69 Å². The van der Waals surface area contributed by atoms with Crippen LogP contribution >= 0.6 is 0 Å². The molecule has 0 aromatic heterocycles.